The van der Waals surface area contributed by atoms with Gasteiger partial charge in [-0.2, -0.15) is 0 Å². The van der Waals surface area contributed by atoms with E-state index in [0.29, 0.717) is 12.6 Å². The summed E-state index contributed by atoms with van der Waals surface area (Å²) in [5.41, 5.74) is 1.02. The minimum Gasteiger partial charge on any atom is -0.493 e. The van der Waals surface area contributed by atoms with Crippen LogP contribution in [0.25, 0.3) is 0 Å². The van der Waals surface area contributed by atoms with Gasteiger partial charge in [-0.05, 0) is 17.7 Å². The average Bonchev–Trinajstić information content (AvgIpc) is 2.34. The molecule has 0 spiro atoms. The van der Waals surface area contributed by atoms with Gasteiger partial charge in [-0.1, -0.05) is 32.6 Å². The first kappa shape index (κ1) is 13.6. The summed E-state index contributed by atoms with van der Waals surface area (Å²) in [4.78, 5) is 0. The van der Waals surface area contributed by atoms with Crippen LogP contribution in [0.15, 0.2) is 36.4 Å². The van der Waals surface area contributed by atoms with E-state index < -0.39 is 0 Å². The van der Waals surface area contributed by atoms with Gasteiger partial charge in [-0.15, -0.1) is 0 Å². The molecule has 1 aromatic rings. The van der Waals surface area contributed by atoms with Gasteiger partial charge in [0.1, 0.15) is 6.61 Å². The van der Waals surface area contributed by atoms with Gasteiger partial charge in [0.15, 0.2) is 11.5 Å². The molecule has 1 N–H and O–H groups in total. The SMILES string of the molecule is C=C(CNC(C)C)COc1ccccc1OC. The molecule has 0 aromatic heterocycles. The fraction of sp³-hybridized carbons (Fsp3) is 0.429. The van der Waals surface area contributed by atoms with Gasteiger partial charge in [0, 0.05) is 12.6 Å². The van der Waals surface area contributed by atoms with Crippen LogP contribution < -0.4 is 14.8 Å². The van der Waals surface area contributed by atoms with E-state index in [1.807, 2.05) is 24.3 Å². The Morgan fingerprint density at radius 3 is 2.53 bits per heavy atom. The third-order valence-electron chi connectivity index (χ3n) is 2.26. The van der Waals surface area contributed by atoms with E-state index in [4.69, 9.17) is 9.47 Å². The Bertz CT molecular complexity index is 361. The summed E-state index contributed by atoms with van der Waals surface area (Å²) in [5, 5.41) is 3.30. The van der Waals surface area contributed by atoms with Crippen LogP contribution in [-0.2, 0) is 0 Å². The van der Waals surface area contributed by atoms with Gasteiger partial charge in [-0.25, -0.2) is 0 Å². The van der Waals surface area contributed by atoms with Crippen molar-refractivity contribution in [2.75, 3.05) is 20.3 Å². The molecule has 0 unspecified atom stereocenters. The van der Waals surface area contributed by atoms with E-state index in [1.54, 1.807) is 7.11 Å². The van der Waals surface area contributed by atoms with Gasteiger partial charge < -0.3 is 14.8 Å². The molecule has 3 nitrogen and oxygen atoms in total. The number of methoxy groups -OCH3 is 1. The predicted octanol–water partition coefficient (Wildman–Crippen LogP) is 2.63. The second-order valence-electron chi connectivity index (χ2n) is 4.23. The number of hydrogen-bond donors (Lipinski definition) is 1. The third-order valence-corrected chi connectivity index (χ3v) is 2.26. The molecule has 0 aliphatic rings. The highest BCUT2D eigenvalue weighted by Crippen LogP contribution is 2.25. The van der Waals surface area contributed by atoms with Crippen LogP contribution >= 0.6 is 0 Å². The molecule has 0 atom stereocenters. The summed E-state index contributed by atoms with van der Waals surface area (Å²) < 4.78 is 10.9. The molecule has 0 aliphatic heterocycles. The Labute approximate surface area is 103 Å². The van der Waals surface area contributed by atoms with Gasteiger partial charge in [0.05, 0.1) is 7.11 Å². The second-order valence-corrected chi connectivity index (χ2v) is 4.23. The second kappa shape index (κ2) is 6.97. The van der Waals surface area contributed by atoms with Crippen LogP contribution in [0.2, 0.25) is 0 Å². The maximum absolute atomic E-state index is 5.66. The normalized spacial score (nSPS) is 10.4. The Morgan fingerprint density at radius 2 is 1.94 bits per heavy atom. The van der Waals surface area contributed by atoms with E-state index in [2.05, 4.69) is 25.7 Å². The van der Waals surface area contributed by atoms with Crippen molar-refractivity contribution < 1.29 is 9.47 Å². The first-order chi connectivity index (χ1) is 8.13. The van der Waals surface area contributed by atoms with Crippen molar-refractivity contribution in [3.63, 3.8) is 0 Å². The lowest BCUT2D eigenvalue weighted by Gasteiger charge is -2.13. The van der Waals surface area contributed by atoms with Crippen LogP contribution in [0.3, 0.4) is 0 Å². The lowest BCUT2D eigenvalue weighted by atomic mass is 10.3. The molecule has 0 radical (unpaired) electrons. The van der Waals surface area contributed by atoms with Crippen molar-refractivity contribution in [3.8, 4) is 11.5 Å². The van der Waals surface area contributed by atoms with Gasteiger partial charge in [0.2, 0.25) is 0 Å². The van der Waals surface area contributed by atoms with Crippen molar-refractivity contribution in [2.45, 2.75) is 19.9 Å². The van der Waals surface area contributed by atoms with Gasteiger partial charge in [-0.3, -0.25) is 0 Å². The van der Waals surface area contributed by atoms with Crippen LogP contribution in [0.4, 0.5) is 0 Å². The van der Waals surface area contributed by atoms with E-state index >= 15 is 0 Å². The maximum atomic E-state index is 5.66. The predicted molar refractivity (Wildman–Crippen MR) is 70.8 cm³/mol. The van der Waals surface area contributed by atoms with Crippen molar-refractivity contribution in [1.29, 1.82) is 0 Å². The first-order valence-electron chi connectivity index (χ1n) is 5.79. The monoisotopic (exact) mass is 235 g/mol. The molecular formula is C14H21NO2. The first-order valence-corrected chi connectivity index (χ1v) is 5.79. The molecule has 94 valence electrons. The zero-order valence-electron chi connectivity index (χ0n) is 10.8. The van der Waals surface area contributed by atoms with E-state index in [0.717, 1.165) is 23.6 Å². The Kier molecular flexibility index (Phi) is 5.57. The van der Waals surface area contributed by atoms with Crippen molar-refractivity contribution in [2.24, 2.45) is 0 Å². The summed E-state index contributed by atoms with van der Waals surface area (Å²) in [6, 6.07) is 8.07. The van der Waals surface area contributed by atoms with Crippen LogP contribution in [0, 0.1) is 0 Å². The highest BCUT2D eigenvalue weighted by molar-refractivity contribution is 5.39. The highest BCUT2D eigenvalue weighted by Gasteiger charge is 2.03. The zero-order valence-corrected chi connectivity index (χ0v) is 10.8. The van der Waals surface area contributed by atoms with Crippen LogP contribution in [0.5, 0.6) is 11.5 Å². The maximum Gasteiger partial charge on any atom is 0.161 e. The summed E-state index contributed by atoms with van der Waals surface area (Å²) in [7, 11) is 1.64. The van der Waals surface area contributed by atoms with Crippen LogP contribution in [0.1, 0.15) is 13.8 Å². The minimum atomic E-state index is 0.456. The van der Waals surface area contributed by atoms with E-state index in [9.17, 15) is 0 Å². The molecule has 0 aliphatic carbocycles. The minimum absolute atomic E-state index is 0.456. The highest BCUT2D eigenvalue weighted by atomic mass is 16.5. The zero-order chi connectivity index (χ0) is 12.7. The molecular weight excluding hydrogens is 214 g/mol. The Balaban J connectivity index is 2.42. The largest absolute Gasteiger partial charge is 0.493 e. The van der Waals surface area contributed by atoms with Gasteiger partial charge >= 0.3 is 0 Å². The summed E-state index contributed by atoms with van der Waals surface area (Å²) >= 11 is 0. The molecule has 0 bridgehead atoms. The van der Waals surface area contributed by atoms with Crippen molar-refractivity contribution in [3.05, 3.63) is 36.4 Å². The van der Waals surface area contributed by atoms with Crippen molar-refractivity contribution >= 4 is 0 Å². The number of hydrogen-bond acceptors (Lipinski definition) is 3. The van der Waals surface area contributed by atoms with Crippen LogP contribution in [-0.4, -0.2) is 26.3 Å². The summed E-state index contributed by atoms with van der Waals surface area (Å²) in [6.45, 7) is 9.45. The molecule has 17 heavy (non-hydrogen) atoms. The fourth-order valence-corrected chi connectivity index (χ4v) is 1.32. The average molecular weight is 235 g/mol. The number of rotatable bonds is 7. The fourth-order valence-electron chi connectivity index (χ4n) is 1.32. The van der Waals surface area contributed by atoms with Gasteiger partial charge in [0.25, 0.3) is 0 Å². The Hall–Kier alpha value is -1.48. The number of ether oxygens (including phenoxy) is 2. The number of nitrogens with one attached hydrogen (secondary N) is 1. The standard InChI is InChI=1S/C14H21NO2/c1-11(2)15-9-12(3)10-17-14-8-6-5-7-13(14)16-4/h5-8,11,15H,3,9-10H2,1-2,4H3. The molecule has 1 aromatic carbocycles. The molecule has 0 heterocycles. The molecule has 0 amide bonds. The molecule has 0 saturated carbocycles. The topological polar surface area (TPSA) is 30.5 Å². The molecule has 0 fully saturated rings. The lowest BCUT2D eigenvalue weighted by molar-refractivity contribution is 0.316. The number of para-hydroxylation sites is 2. The van der Waals surface area contributed by atoms with Crippen molar-refractivity contribution in [1.82, 2.24) is 5.32 Å². The number of benzene rings is 1. The molecule has 0 saturated heterocycles. The molecule has 3 heteroatoms. The van der Waals surface area contributed by atoms with E-state index in [-0.39, 0.29) is 0 Å². The van der Waals surface area contributed by atoms with E-state index in [1.165, 1.54) is 0 Å². The Morgan fingerprint density at radius 1 is 1.29 bits per heavy atom. The third kappa shape index (κ3) is 4.91. The molecule has 1 rings (SSSR count). The smallest absolute Gasteiger partial charge is 0.161 e. The quantitative estimate of drug-likeness (QED) is 0.737. The summed E-state index contributed by atoms with van der Waals surface area (Å²) in [6.07, 6.45) is 0. The lowest BCUT2D eigenvalue weighted by Crippen LogP contribution is -2.26. The summed E-state index contributed by atoms with van der Waals surface area (Å²) in [5.74, 6) is 1.50.